The largest absolute Gasteiger partial charge is 0.396 e. The third-order valence-corrected chi connectivity index (χ3v) is 2.80. The summed E-state index contributed by atoms with van der Waals surface area (Å²) in [6, 6.07) is 0.380. The summed E-state index contributed by atoms with van der Waals surface area (Å²) < 4.78 is 0. The number of rotatable bonds is 1. The van der Waals surface area contributed by atoms with E-state index in [-0.39, 0.29) is 12.8 Å². The zero-order valence-electron chi connectivity index (χ0n) is 5.83. The topological polar surface area (TPSA) is 52.5 Å². The SMILES string of the molecule is OCC1CC2CC1NC2O. The molecule has 1 aliphatic heterocycles. The third kappa shape index (κ3) is 0.779. The molecule has 1 saturated carbocycles. The van der Waals surface area contributed by atoms with Crippen LogP contribution >= 0.6 is 0 Å². The van der Waals surface area contributed by atoms with Gasteiger partial charge in [0, 0.05) is 18.6 Å². The highest BCUT2D eigenvalue weighted by Gasteiger charge is 2.44. The number of aliphatic hydroxyl groups excluding tert-OH is 2. The summed E-state index contributed by atoms with van der Waals surface area (Å²) in [5.74, 6) is 0.801. The number of nitrogens with one attached hydrogen (secondary N) is 1. The van der Waals surface area contributed by atoms with Gasteiger partial charge in [0.25, 0.3) is 0 Å². The molecule has 0 amide bonds. The van der Waals surface area contributed by atoms with Gasteiger partial charge in [-0.15, -0.1) is 0 Å². The molecule has 3 nitrogen and oxygen atoms in total. The van der Waals surface area contributed by atoms with Gasteiger partial charge in [-0.2, -0.15) is 0 Å². The minimum Gasteiger partial charge on any atom is -0.396 e. The van der Waals surface area contributed by atoms with Crippen molar-refractivity contribution in [3.63, 3.8) is 0 Å². The molecule has 10 heavy (non-hydrogen) atoms. The summed E-state index contributed by atoms with van der Waals surface area (Å²) in [6.07, 6.45) is 1.75. The van der Waals surface area contributed by atoms with E-state index in [9.17, 15) is 5.11 Å². The van der Waals surface area contributed by atoms with Crippen LogP contribution in [-0.2, 0) is 0 Å². The summed E-state index contributed by atoms with van der Waals surface area (Å²) >= 11 is 0. The highest BCUT2D eigenvalue weighted by molar-refractivity contribution is 4.97. The third-order valence-electron chi connectivity index (χ3n) is 2.80. The predicted octanol–water partition coefficient (Wildman–Crippen LogP) is -0.705. The van der Waals surface area contributed by atoms with E-state index in [2.05, 4.69) is 5.32 Å². The highest BCUT2D eigenvalue weighted by atomic mass is 16.3. The van der Waals surface area contributed by atoms with Gasteiger partial charge in [-0.05, 0) is 18.8 Å². The summed E-state index contributed by atoms with van der Waals surface area (Å²) in [6.45, 7) is 0.265. The molecule has 4 atom stereocenters. The lowest BCUT2D eigenvalue weighted by Crippen LogP contribution is -2.41. The lowest BCUT2D eigenvalue weighted by Gasteiger charge is -2.24. The molecule has 3 N–H and O–H groups in total. The van der Waals surface area contributed by atoms with Crippen molar-refractivity contribution in [1.29, 1.82) is 0 Å². The maximum Gasteiger partial charge on any atom is 0.108 e. The molecular weight excluding hydrogens is 130 g/mol. The fraction of sp³-hybridized carbons (Fsp3) is 1.00. The van der Waals surface area contributed by atoms with Crippen molar-refractivity contribution in [3.05, 3.63) is 0 Å². The molecule has 2 fully saturated rings. The average Bonchev–Trinajstić information content (AvgIpc) is 2.44. The maximum absolute atomic E-state index is 9.24. The van der Waals surface area contributed by atoms with Crippen molar-refractivity contribution in [1.82, 2.24) is 5.32 Å². The van der Waals surface area contributed by atoms with Gasteiger partial charge in [-0.25, -0.2) is 0 Å². The standard InChI is InChI=1S/C7H13NO2/c9-3-5-1-4-2-6(5)8-7(4)10/h4-10H,1-3H2. The Morgan fingerprint density at radius 3 is 2.60 bits per heavy atom. The molecule has 0 aromatic heterocycles. The molecule has 1 heterocycles. The van der Waals surface area contributed by atoms with Gasteiger partial charge in [-0.1, -0.05) is 0 Å². The van der Waals surface area contributed by atoms with Crippen molar-refractivity contribution in [3.8, 4) is 0 Å². The number of fused-ring (bicyclic) bond motifs is 2. The van der Waals surface area contributed by atoms with Crippen molar-refractivity contribution >= 4 is 0 Å². The van der Waals surface area contributed by atoms with Crippen molar-refractivity contribution in [2.45, 2.75) is 25.1 Å². The fourth-order valence-corrected chi connectivity index (χ4v) is 2.19. The van der Waals surface area contributed by atoms with E-state index in [1.807, 2.05) is 0 Å². The number of piperidine rings is 1. The highest BCUT2D eigenvalue weighted by Crippen LogP contribution is 2.38. The Morgan fingerprint density at radius 2 is 2.20 bits per heavy atom. The van der Waals surface area contributed by atoms with Gasteiger partial charge in [0.05, 0.1) is 0 Å². The second-order valence-corrected chi connectivity index (χ2v) is 3.39. The average molecular weight is 143 g/mol. The Balaban J connectivity index is 2.02. The van der Waals surface area contributed by atoms with Crippen molar-refractivity contribution in [2.75, 3.05) is 6.61 Å². The Kier molecular flexibility index (Phi) is 1.44. The summed E-state index contributed by atoms with van der Waals surface area (Å²) in [5.41, 5.74) is 0. The first-order valence-corrected chi connectivity index (χ1v) is 3.86. The fourth-order valence-electron chi connectivity index (χ4n) is 2.19. The van der Waals surface area contributed by atoms with Crippen molar-refractivity contribution < 1.29 is 10.2 Å². The van der Waals surface area contributed by atoms with E-state index < -0.39 is 0 Å². The van der Waals surface area contributed by atoms with E-state index >= 15 is 0 Å². The van der Waals surface area contributed by atoms with Gasteiger partial charge in [0.15, 0.2) is 0 Å². The molecule has 0 radical (unpaired) electrons. The molecule has 3 heteroatoms. The molecule has 0 aromatic rings. The number of aliphatic hydroxyl groups is 2. The molecule has 2 bridgehead atoms. The summed E-state index contributed by atoms with van der Waals surface area (Å²) in [7, 11) is 0. The van der Waals surface area contributed by atoms with Crippen LogP contribution in [0.15, 0.2) is 0 Å². The Bertz CT molecular complexity index is 138. The van der Waals surface area contributed by atoms with E-state index in [1.165, 1.54) is 0 Å². The van der Waals surface area contributed by atoms with Gasteiger partial charge in [0.1, 0.15) is 6.23 Å². The van der Waals surface area contributed by atoms with Crippen LogP contribution in [0, 0.1) is 11.8 Å². The lowest BCUT2D eigenvalue weighted by molar-refractivity contribution is 0.0623. The minimum atomic E-state index is -0.298. The number of hydrogen-bond donors (Lipinski definition) is 3. The predicted molar refractivity (Wildman–Crippen MR) is 36.2 cm³/mol. The van der Waals surface area contributed by atoms with E-state index in [4.69, 9.17) is 5.11 Å². The molecule has 0 aromatic carbocycles. The smallest absolute Gasteiger partial charge is 0.108 e. The number of hydrogen-bond acceptors (Lipinski definition) is 3. The first kappa shape index (κ1) is 6.58. The zero-order valence-corrected chi connectivity index (χ0v) is 5.83. The molecule has 4 unspecified atom stereocenters. The van der Waals surface area contributed by atoms with Gasteiger partial charge >= 0.3 is 0 Å². The van der Waals surface area contributed by atoms with Crippen LogP contribution in [0.25, 0.3) is 0 Å². The first-order valence-electron chi connectivity index (χ1n) is 3.86. The zero-order chi connectivity index (χ0) is 7.14. The molecule has 58 valence electrons. The van der Waals surface area contributed by atoms with Crippen LogP contribution in [0.1, 0.15) is 12.8 Å². The van der Waals surface area contributed by atoms with E-state index in [0.717, 1.165) is 12.8 Å². The van der Waals surface area contributed by atoms with Crippen molar-refractivity contribution in [2.24, 2.45) is 11.8 Å². The van der Waals surface area contributed by atoms with Gasteiger partial charge in [0.2, 0.25) is 0 Å². The molecule has 2 aliphatic rings. The second kappa shape index (κ2) is 2.19. The molecular formula is C7H13NO2. The summed E-state index contributed by atoms with van der Waals surface area (Å²) in [4.78, 5) is 0. The normalized spacial score (nSPS) is 52.2. The van der Waals surface area contributed by atoms with Gasteiger partial charge < -0.3 is 10.2 Å². The lowest BCUT2D eigenvalue weighted by atomic mass is 10.00. The quantitative estimate of drug-likeness (QED) is 0.455. The van der Waals surface area contributed by atoms with Crippen LogP contribution in [0.4, 0.5) is 0 Å². The van der Waals surface area contributed by atoms with Crippen LogP contribution in [0.2, 0.25) is 0 Å². The van der Waals surface area contributed by atoms with E-state index in [1.54, 1.807) is 0 Å². The molecule has 1 saturated heterocycles. The molecule has 1 aliphatic carbocycles. The van der Waals surface area contributed by atoms with Crippen LogP contribution < -0.4 is 5.32 Å². The molecule has 0 spiro atoms. The minimum absolute atomic E-state index is 0.265. The van der Waals surface area contributed by atoms with E-state index in [0.29, 0.717) is 17.9 Å². The van der Waals surface area contributed by atoms with Crippen LogP contribution in [0.3, 0.4) is 0 Å². The Labute approximate surface area is 60.1 Å². The monoisotopic (exact) mass is 143 g/mol. The Hall–Kier alpha value is -0.120. The van der Waals surface area contributed by atoms with Crippen LogP contribution in [-0.4, -0.2) is 29.1 Å². The maximum atomic E-state index is 9.24. The van der Waals surface area contributed by atoms with Gasteiger partial charge in [-0.3, -0.25) is 5.32 Å². The molecule has 2 rings (SSSR count). The Morgan fingerprint density at radius 1 is 1.40 bits per heavy atom. The van der Waals surface area contributed by atoms with Crippen LogP contribution in [0.5, 0.6) is 0 Å². The first-order chi connectivity index (χ1) is 4.81. The second-order valence-electron chi connectivity index (χ2n) is 3.39. The summed E-state index contributed by atoms with van der Waals surface area (Å²) in [5, 5.41) is 21.1.